The molecule has 21 heavy (non-hydrogen) atoms. The molecule has 1 aromatic heterocycles. The normalized spacial score (nSPS) is 15.3. The lowest BCUT2D eigenvalue weighted by molar-refractivity contribution is -0.137. The van der Waals surface area contributed by atoms with Gasteiger partial charge < -0.3 is 5.11 Å². The molecule has 0 radical (unpaired) electrons. The highest BCUT2D eigenvalue weighted by Gasteiger charge is 2.30. The Balaban J connectivity index is 2.37. The van der Waals surface area contributed by atoms with E-state index in [1.165, 1.54) is 23.5 Å². The van der Waals surface area contributed by atoms with Crippen molar-refractivity contribution in [3.63, 3.8) is 0 Å². The maximum absolute atomic E-state index is 12.7. The largest absolute Gasteiger partial charge is 0.416 e. The first-order chi connectivity index (χ1) is 9.82. The van der Waals surface area contributed by atoms with Gasteiger partial charge in [-0.2, -0.15) is 13.2 Å². The zero-order valence-electron chi connectivity index (χ0n) is 12.1. The Hall–Kier alpha value is -1.07. The van der Waals surface area contributed by atoms with Gasteiger partial charge in [0, 0.05) is 15.5 Å². The van der Waals surface area contributed by atoms with Crippen LogP contribution in [0.1, 0.15) is 49.5 Å². The van der Waals surface area contributed by atoms with Crippen molar-refractivity contribution < 1.29 is 18.3 Å². The molecule has 2 atom stereocenters. The second-order valence-corrected chi connectivity index (χ2v) is 6.50. The van der Waals surface area contributed by atoms with Crippen LogP contribution in [0.5, 0.6) is 0 Å². The minimum atomic E-state index is -4.32. The van der Waals surface area contributed by atoms with E-state index in [2.05, 4.69) is 6.92 Å². The van der Waals surface area contributed by atoms with Gasteiger partial charge in [0.15, 0.2) is 0 Å². The number of alkyl halides is 3. The van der Waals surface area contributed by atoms with Gasteiger partial charge in [0.05, 0.1) is 11.7 Å². The maximum Gasteiger partial charge on any atom is 0.416 e. The fraction of sp³-hybridized carbons (Fsp3) is 0.500. The van der Waals surface area contributed by atoms with Crippen LogP contribution >= 0.6 is 11.3 Å². The number of aliphatic hydroxyl groups excluding tert-OH is 1. The predicted octanol–water partition coefficient (Wildman–Crippen LogP) is 5.57. The van der Waals surface area contributed by atoms with Crippen LogP contribution in [0.25, 0.3) is 10.1 Å². The highest BCUT2D eigenvalue weighted by atomic mass is 32.1. The van der Waals surface area contributed by atoms with Gasteiger partial charge in [0.1, 0.15) is 0 Å². The van der Waals surface area contributed by atoms with E-state index in [0.29, 0.717) is 4.70 Å². The molecule has 0 spiro atoms. The van der Waals surface area contributed by atoms with E-state index in [0.717, 1.165) is 35.6 Å². The molecule has 0 aliphatic carbocycles. The van der Waals surface area contributed by atoms with Gasteiger partial charge in [-0.05, 0) is 36.9 Å². The highest BCUT2D eigenvalue weighted by Crippen LogP contribution is 2.38. The fourth-order valence-corrected chi connectivity index (χ4v) is 3.79. The van der Waals surface area contributed by atoms with Crippen molar-refractivity contribution in [2.24, 2.45) is 0 Å². The summed E-state index contributed by atoms with van der Waals surface area (Å²) in [5.41, 5.74) is -0.620. The van der Waals surface area contributed by atoms with Crippen LogP contribution < -0.4 is 0 Å². The Morgan fingerprint density at radius 2 is 1.95 bits per heavy atom. The van der Waals surface area contributed by atoms with Gasteiger partial charge in [0.25, 0.3) is 0 Å². The number of halogens is 3. The van der Waals surface area contributed by atoms with E-state index in [1.54, 1.807) is 6.92 Å². The number of thiophene rings is 1. The molecular formula is C16H19F3OS. The average Bonchev–Trinajstić information content (AvgIpc) is 2.80. The van der Waals surface area contributed by atoms with E-state index >= 15 is 0 Å². The zero-order chi connectivity index (χ0) is 15.6. The van der Waals surface area contributed by atoms with Crippen LogP contribution in [-0.2, 0) is 6.18 Å². The highest BCUT2D eigenvalue weighted by molar-refractivity contribution is 7.19. The van der Waals surface area contributed by atoms with Crippen LogP contribution in [0.3, 0.4) is 0 Å². The molecule has 0 saturated carbocycles. The molecule has 1 nitrogen and oxygen atoms in total. The van der Waals surface area contributed by atoms with Crippen molar-refractivity contribution in [3.05, 3.63) is 34.7 Å². The van der Waals surface area contributed by atoms with Gasteiger partial charge >= 0.3 is 6.18 Å². The maximum atomic E-state index is 12.7. The Labute approximate surface area is 126 Å². The van der Waals surface area contributed by atoms with E-state index in [-0.39, 0.29) is 5.92 Å². The Bertz CT molecular complexity index is 601. The number of hydrogen-bond acceptors (Lipinski definition) is 2. The summed E-state index contributed by atoms with van der Waals surface area (Å²) < 4.78 is 38.8. The van der Waals surface area contributed by atoms with Gasteiger partial charge in [-0.3, -0.25) is 0 Å². The number of unbranched alkanes of at least 4 members (excludes halogenated alkanes) is 1. The molecule has 1 aromatic carbocycles. The average molecular weight is 316 g/mol. The van der Waals surface area contributed by atoms with Crippen LogP contribution in [0.4, 0.5) is 13.2 Å². The van der Waals surface area contributed by atoms with E-state index in [4.69, 9.17) is 0 Å². The van der Waals surface area contributed by atoms with Crippen LogP contribution in [-0.4, -0.2) is 11.2 Å². The zero-order valence-corrected chi connectivity index (χ0v) is 12.9. The minimum absolute atomic E-state index is 0.00307. The number of benzene rings is 1. The van der Waals surface area contributed by atoms with Crippen molar-refractivity contribution in [2.75, 3.05) is 0 Å². The summed E-state index contributed by atoms with van der Waals surface area (Å²) in [7, 11) is 0. The first-order valence-corrected chi connectivity index (χ1v) is 7.93. The van der Waals surface area contributed by atoms with E-state index < -0.39 is 17.8 Å². The van der Waals surface area contributed by atoms with Gasteiger partial charge in [-0.1, -0.05) is 25.8 Å². The summed E-state index contributed by atoms with van der Waals surface area (Å²) in [6.07, 6.45) is -1.92. The van der Waals surface area contributed by atoms with Gasteiger partial charge in [-0.15, -0.1) is 11.3 Å². The summed E-state index contributed by atoms with van der Waals surface area (Å²) in [6.45, 7) is 3.82. The molecule has 0 bridgehead atoms. The molecule has 1 heterocycles. The second-order valence-electron chi connectivity index (χ2n) is 5.39. The summed E-state index contributed by atoms with van der Waals surface area (Å²) in [5, 5.41) is 10.7. The quantitative estimate of drug-likeness (QED) is 0.764. The molecule has 0 aliphatic heterocycles. The van der Waals surface area contributed by atoms with Crippen LogP contribution in [0.2, 0.25) is 0 Å². The molecule has 5 heteroatoms. The van der Waals surface area contributed by atoms with Crippen LogP contribution in [0, 0.1) is 0 Å². The Morgan fingerprint density at radius 1 is 1.24 bits per heavy atom. The smallest absolute Gasteiger partial charge is 0.393 e. The standard InChI is InChI=1S/C16H19F3OS/c1-3-4-5-13(10(2)20)15-8-11-6-7-12(16(17,18)19)9-14(11)21-15/h6-10,13,20H,3-5H2,1-2H3. The number of rotatable bonds is 5. The topological polar surface area (TPSA) is 20.2 Å². The van der Waals surface area contributed by atoms with Crippen LogP contribution in [0.15, 0.2) is 24.3 Å². The SMILES string of the molecule is CCCCC(c1cc2ccc(C(F)(F)F)cc2s1)C(C)O. The minimum Gasteiger partial charge on any atom is -0.393 e. The molecular weight excluding hydrogens is 297 g/mol. The molecule has 0 amide bonds. The van der Waals surface area contributed by atoms with Crippen molar-refractivity contribution >= 4 is 21.4 Å². The molecule has 116 valence electrons. The Morgan fingerprint density at radius 3 is 2.52 bits per heavy atom. The number of fused-ring (bicyclic) bond motifs is 1. The number of aliphatic hydroxyl groups is 1. The van der Waals surface area contributed by atoms with Crippen molar-refractivity contribution in [1.29, 1.82) is 0 Å². The number of hydrogen-bond donors (Lipinski definition) is 1. The van der Waals surface area contributed by atoms with Gasteiger partial charge in [0.2, 0.25) is 0 Å². The molecule has 0 saturated heterocycles. The summed E-state index contributed by atoms with van der Waals surface area (Å²) in [5.74, 6) is -0.00307. The van der Waals surface area contributed by atoms with Gasteiger partial charge in [-0.25, -0.2) is 0 Å². The van der Waals surface area contributed by atoms with Crippen molar-refractivity contribution in [2.45, 2.75) is 51.3 Å². The molecule has 2 unspecified atom stereocenters. The monoisotopic (exact) mass is 316 g/mol. The molecule has 2 aromatic rings. The summed E-state index contributed by atoms with van der Waals surface area (Å²) in [6, 6.07) is 5.73. The lowest BCUT2D eigenvalue weighted by Crippen LogP contribution is -2.13. The molecule has 0 fully saturated rings. The van der Waals surface area contributed by atoms with Crippen molar-refractivity contribution in [1.82, 2.24) is 0 Å². The third-order valence-electron chi connectivity index (χ3n) is 3.68. The van der Waals surface area contributed by atoms with E-state index in [9.17, 15) is 18.3 Å². The van der Waals surface area contributed by atoms with E-state index in [1.807, 2.05) is 6.07 Å². The first kappa shape index (κ1) is 16.3. The predicted molar refractivity (Wildman–Crippen MR) is 80.8 cm³/mol. The lowest BCUT2D eigenvalue weighted by atomic mass is 9.95. The first-order valence-electron chi connectivity index (χ1n) is 7.11. The third-order valence-corrected chi connectivity index (χ3v) is 4.91. The Kier molecular flexibility index (Phi) is 4.94. The third kappa shape index (κ3) is 3.77. The second kappa shape index (κ2) is 6.36. The summed E-state index contributed by atoms with van der Waals surface area (Å²) in [4.78, 5) is 0.966. The molecule has 1 N–H and O–H groups in total. The molecule has 0 aliphatic rings. The summed E-state index contributed by atoms with van der Waals surface area (Å²) >= 11 is 1.35. The molecule has 2 rings (SSSR count). The van der Waals surface area contributed by atoms with Crippen molar-refractivity contribution in [3.8, 4) is 0 Å². The fourth-order valence-electron chi connectivity index (χ4n) is 2.46. The lowest BCUT2D eigenvalue weighted by Gasteiger charge is -2.17.